The van der Waals surface area contributed by atoms with E-state index in [0.717, 1.165) is 41.5 Å². The molecule has 0 unspecified atom stereocenters. The molecule has 2 amide bonds. The van der Waals surface area contributed by atoms with Gasteiger partial charge in [-0.25, -0.2) is 14.5 Å². The van der Waals surface area contributed by atoms with Crippen LogP contribution in [0.15, 0.2) is 41.7 Å². The summed E-state index contributed by atoms with van der Waals surface area (Å²) in [7, 11) is -4.12. The minimum absolute atomic E-state index is 0.231. The molecule has 4 bridgehead atoms. The Balaban J connectivity index is 1.67. The first-order valence-corrected chi connectivity index (χ1v) is 11.5. The fourth-order valence-electron chi connectivity index (χ4n) is 4.22. The maximum absolute atomic E-state index is 12.8. The van der Waals surface area contributed by atoms with Crippen LogP contribution in [0, 0.1) is 6.92 Å². The molecule has 5 rings (SSSR count). The summed E-state index contributed by atoms with van der Waals surface area (Å²) in [5.41, 5.74) is 5.47. The average Bonchev–Trinajstić information content (AvgIpc) is 3.37. The number of amides is 2. The molecule has 0 spiro atoms. The van der Waals surface area contributed by atoms with Gasteiger partial charge in [0.25, 0.3) is 10.0 Å². The van der Waals surface area contributed by atoms with Crippen molar-refractivity contribution in [2.24, 2.45) is 0 Å². The van der Waals surface area contributed by atoms with Crippen LogP contribution < -0.4 is 14.8 Å². The lowest BCUT2D eigenvalue weighted by Gasteiger charge is -2.19. The van der Waals surface area contributed by atoms with Crippen LogP contribution in [0.5, 0.6) is 5.88 Å². The first kappa shape index (κ1) is 19.6. The predicted molar refractivity (Wildman–Crippen MR) is 113 cm³/mol. The third-order valence-corrected chi connectivity index (χ3v) is 6.77. The predicted octanol–water partition coefficient (Wildman–Crippen LogP) is 2.65. The number of pyridine rings is 1. The lowest BCUT2D eigenvalue weighted by atomic mass is 9.93. The monoisotopic (exact) mass is 439 g/mol. The highest BCUT2D eigenvalue weighted by Crippen LogP contribution is 2.40. The molecule has 2 N–H and O–H groups in total. The van der Waals surface area contributed by atoms with E-state index >= 15 is 0 Å². The minimum Gasteiger partial charge on any atom is -0.476 e. The van der Waals surface area contributed by atoms with Crippen LogP contribution in [0.1, 0.15) is 23.1 Å². The first-order chi connectivity index (χ1) is 14.9. The Bertz CT molecular complexity index is 1300. The third-order valence-electron chi connectivity index (χ3n) is 5.55. The van der Waals surface area contributed by atoms with E-state index in [2.05, 4.69) is 26.2 Å². The molecule has 0 fully saturated rings. The van der Waals surface area contributed by atoms with Crippen LogP contribution in [0.4, 0.5) is 10.5 Å². The van der Waals surface area contributed by atoms with Crippen molar-refractivity contribution in [1.82, 2.24) is 19.5 Å². The second-order valence-electron chi connectivity index (χ2n) is 7.64. The van der Waals surface area contributed by atoms with E-state index < -0.39 is 16.1 Å². The van der Waals surface area contributed by atoms with Gasteiger partial charge >= 0.3 is 6.03 Å². The fraction of sp³-hybridized carbons (Fsp3) is 0.286. The molecule has 1 aromatic carbocycles. The van der Waals surface area contributed by atoms with E-state index in [9.17, 15) is 13.2 Å². The first-order valence-electron chi connectivity index (χ1n) is 10.0. The number of nitrogens with zero attached hydrogens (tertiary/aromatic N) is 3. The number of sulfonamides is 1. The number of rotatable bonds is 0. The van der Waals surface area contributed by atoms with Crippen molar-refractivity contribution >= 4 is 21.7 Å². The van der Waals surface area contributed by atoms with Crippen LogP contribution >= 0.6 is 0 Å². The highest BCUT2D eigenvalue weighted by Gasteiger charge is 2.26. The number of carbonyl (C=O) groups excluding carboxylic acids is 1. The molecule has 0 saturated carbocycles. The highest BCUT2D eigenvalue weighted by atomic mass is 32.2. The van der Waals surface area contributed by atoms with Gasteiger partial charge in [-0.1, -0.05) is 6.07 Å². The van der Waals surface area contributed by atoms with Crippen LogP contribution in [-0.2, 0) is 29.4 Å². The minimum atomic E-state index is -4.12. The number of fused-ring (bicyclic) bond motifs is 8. The summed E-state index contributed by atoms with van der Waals surface area (Å²) in [5, 5.41) is 6.62. The number of urea groups is 1. The number of nitrogens with one attached hydrogen (secondary N) is 2. The van der Waals surface area contributed by atoms with Crippen LogP contribution in [0.3, 0.4) is 0 Å². The quantitative estimate of drug-likeness (QED) is 0.556. The van der Waals surface area contributed by atoms with E-state index in [0.29, 0.717) is 18.1 Å². The normalized spacial score (nSPS) is 17.3. The van der Waals surface area contributed by atoms with Crippen molar-refractivity contribution in [2.75, 3.05) is 11.9 Å². The molecule has 2 aromatic heterocycles. The largest absolute Gasteiger partial charge is 0.476 e. The Kier molecular flexibility index (Phi) is 4.66. The van der Waals surface area contributed by atoms with E-state index in [-0.39, 0.29) is 11.6 Å². The maximum atomic E-state index is 12.8. The molecular weight excluding hydrogens is 418 g/mol. The molecule has 0 saturated heterocycles. The molecular formula is C21H21N5O4S. The van der Waals surface area contributed by atoms with Gasteiger partial charge in [-0.05, 0) is 60.6 Å². The number of aryl methyl sites for hydroxylation is 2. The fourth-order valence-corrected chi connectivity index (χ4v) is 5.07. The highest BCUT2D eigenvalue weighted by molar-refractivity contribution is 7.90. The Labute approximate surface area is 179 Å². The lowest BCUT2D eigenvalue weighted by molar-refractivity contribution is 0.256. The van der Waals surface area contributed by atoms with Gasteiger partial charge in [0.05, 0.1) is 12.2 Å². The zero-order valence-electron chi connectivity index (χ0n) is 16.9. The summed E-state index contributed by atoms with van der Waals surface area (Å²) < 4.78 is 34.6. The number of aromatic nitrogens is 3. The molecule has 9 nitrogen and oxygen atoms in total. The molecule has 160 valence electrons. The SMILES string of the molecule is Cc1cc2c(c3c1-c1ccnc(c1)OCCn1ccc(n1)S(=O)(=O)NC(=O)N3)CCC2. The van der Waals surface area contributed by atoms with Crippen molar-refractivity contribution in [3.63, 3.8) is 0 Å². The van der Waals surface area contributed by atoms with E-state index in [4.69, 9.17) is 4.74 Å². The maximum Gasteiger partial charge on any atom is 0.333 e. The average molecular weight is 439 g/mol. The van der Waals surface area contributed by atoms with Crippen molar-refractivity contribution < 1.29 is 17.9 Å². The van der Waals surface area contributed by atoms with Gasteiger partial charge in [-0.2, -0.15) is 13.5 Å². The molecule has 3 aromatic rings. The summed E-state index contributed by atoms with van der Waals surface area (Å²) in [6, 6.07) is 6.34. The summed E-state index contributed by atoms with van der Waals surface area (Å²) >= 11 is 0. The third kappa shape index (κ3) is 3.63. The number of anilines is 1. The number of carbonyl (C=O) groups is 1. The van der Waals surface area contributed by atoms with Gasteiger partial charge < -0.3 is 10.1 Å². The van der Waals surface area contributed by atoms with Crippen LogP contribution in [-0.4, -0.2) is 35.8 Å². The zero-order chi connectivity index (χ0) is 21.6. The zero-order valence-corrected chi connectivity index (χ0v) is 17.7. The summed E-state index contributed by atoms with van der Waals surface area (Å²) in [4.78, 5) is 17.1. The van der Waals surface area contributed by atoms with Gasteiger partial charge in [0.15, 0.2) is 5.03 Å². The standard InChI is InChI=1S/C21H21N5O4S/c1-13-11-14-3-2-4-16(14)20-19(13)15-5-7-22-17(12-15)30-10-9-26-8-6-18(24-26)31(28,29)25-21(27)23-20/h5-8,11-12H,2-4,9-10H2,1H3,(H2,23,25,27). The van der Waals surface area contributed by atoms with Gasteiger partial charge in [0.1, 0.15) is 6.61 Å². The van der Waals surface area contributed by atoms with E-state index in [1.165, 1.54) is 22.5 Å². The van der Waals surface area contributed by atoms with Crippen molar-refractivity contribution in [2.45, 2.75) is 37.8 Å². The molecule has 0 radical (unpaired) electrons. The second kappa shape index (κ2) is 7.38. The molecule has 1 aliphatic carbocycles. The molecule has 10 heteroatoms. The number of hydrogen-bond donors (Lipinski definition) is 2. The topological polar surface area (TPSA) is 115 Å². The smallest absolute Gasteiger partial charge is 0.333 e. The van der Waals surface area contributed by atoms with Crippen LogP contribution in [0.25, 0.3) is 11.1 Å². The summed E-state index contributed by atoms with van der Waals surface area (Å²) in [6.45, 7) is 2.57. The Morgan fingerprint density at radius 3 is 2.94 bits per heavy atom. The Morgan fingerprint density at radius 2 is 2.06 bits per heavy atom. The summed E-state index contributed by atoms with van der Waals surface area (Å²) in [6.07, 6.45) is 5.90. The second-order valence-corrected chi connectivity index (χ2v) is 9.27. The number of benzene rings is 1. The van der Waals surface area contributed by atoms with Crippen molar-refractivity contribution in [3.8, 4) is 17.0 Å². The molecule has 1 aliphatic heterocycles. The number of ether oxygens (including phenoxy) is 1. The van der Waals surface area contributed by atoms with Crippen molar-refractivity contribution in [1.29, 1.82) is 0 Å². The van der Waals surface area contributed by atoms with Gasteiger partial charge in [-0.3, -0.25) is 4.68 Å². The van der Waals surface area contributed by atoms with Crippen molar-refractivity contribution in [3.05, 3.63) is 53.3 Å². The Hall–Kier alpha value is -3.40. The van der Waals surface area contributed by atoms with Gasteiger partial charge in [0.2, 0.25) is 5.88 Å². The van der Waals surface area contributed by atoms with E-state index in [1.54, 1.807) is 6.20 Å². The van der Waals surface area contributed by atoms with E-state index in [1.807, 2.05) is 19.1 Å². The lowest BCUT2D eigenvalue weighted by Crippen LogP contribution is -2.35. The molecule has 3 heterocycles. The number of hydrogen-bond acceptors (Lipinski definition) is 6. The van der Waals surface area contributed by atoms with Gasteiger partial charge in [0, 0.05) is 24.0 Å². The summed E-state index contributed by atoms with van der Waals surface area (Å²) in [5.74, 6) is 0.447. The van der Waals surface area contributed by atoms with Crippen LogP contribution in [0.2, 0.25) is 0 Å². The Morgan fingerprint density at radius 1 is 1.19 bits per heavy atom. The molecule has 0 atom stereocenters. The molecule has 31 heavy (non-hydrogen) atoms. The molecule has 2 aliphatic rings. The van der Waals surface area contributed by atoms with Gasteiger partial charge in [-0.15, -0.1) is 0 Å².